The molecule has 0 unspecified atom stereocenters. The predicted molar refractivity (Wildman–Crippen MR) is 113 cm³/mol. The van der Waals surface area contributed by atoms with E-state index < -0.39 is 23.4 Å². The zero-order chi connectivity index (χ0) is 22.0. The molecule has 0 bridgehead atoms. The number of esters is 1. The van der Waals surface area contributed by atoms with Crippen LogP contribution in [0.2, 0.25) is 0 Å². The highest BCUT2D eigenvalue weighted by Gasteiger charge is 2.30. The van der Waals surface area contributed by atoms with Gasteiger partial charge in [-0.1, -0.05) is 42.5 Å². The molecule has 3 aromatic carbocycles. The van der Waals surface area contributed by atoms with E-state index in [4.69, 9.17) is 4.74 Å². The molecule has 1 saturated carbocycles. The molecule has 4 rings (SSSR count). The normalized spacial score (nSPS) is 18.6. The smallest absolute Gasteiger partial charge is 0.314 e. The number of halogens is 3. The summed E-state index contributed by atoms with van der Waals surface area (Å²) in [6.07, 6.45) is 2.55. The highest BCUT2D eigenvalue weighted by molar-refractivity contribution is 5.76. The molecule has 5 heteroatoms. The van der Waals surface area contributed by atoms with Gasteiger partial charge in [-0.2, -0.15) is 4.39 Å². The topological polar surface area (TPSA) is 26.3 Å². The summed E-state index contributed by atoms with van der Waals surface area (Å²) in [4.78, 5) is 12.6. The van der Waals surface area contributed by atoms with Crippen molar-refractivity contribution in [2.75, 3.05) is 0 Å². The van der Waals surface area contributed by atoms with Crippen LogP contribution >= 0.6 is 0 Å². The summed E-state index contributed by atoms with van der Waals surface area (Å²) in [6, 6.07) is 16.6. The second-order valence-corrected chi connectivity index (χ2v) is 8.08. The number of benzene rings is 3. The summed E-state index contributed by atoms with van der Waals surface area (Å²) in [5, 5.41) is 0. The molecule has 0 atom stereocenters. The Bertz CT molecular complexity index is 1090. The first-order valence-corrected chi connectivity index (χ1v) is 10.4. The molecule has 160 valence electrons. The molecule has 1 aliphatic carbocycles. The lowest BCUT2D eigenvalue weighted by Gasteiger charge is -2.27. The Morgan fingerprint density at radius 2 is 1.58 bits per heavy atom. The van der Waals surface area contributed by atoms with Gasteiger partial charge in [0.2, 0.25) is 5.82 Å². The number of carbonyl (C=O) groups is 1. The Morgan fingerprint density at radius 3 is 2.26 bits per heavy atom. The van der Waals surface area contributed by atoms with Gasteiger partial charge in [0.05, 0.1) is 5.92 Å². The van der Waals surface area contributed by atoms with E-state index in [0.29, 0.717) is 36.8 Å². The van der Waals surface area contributed by atoms with E-state index in [0.717, 1.165) is 5.56 Å². The fraction of sp³-hybridized carbons (Fsp3) is 0.269. The van der Waals surface area contributed by atoms with Crippen LogP contribution < -0.4 is 4.74 Å². The molecule has 0 radical (unpaired) electrons. The van der Waals surface area contributed by atoms with Gasteiger partial charge in [0.1, 0.15) is 5.82 Å². The summed E-state index contributed by atoms with van der Waals surface area (Å²) >= 11 is 0. The first-order chi connectivity index (χ1) is 14.9. The predicted octanol–water partition coefficient (Wildman–Crippen LogP) is 6.96. The maximum Gasteiger partial charge on any atom is 0.314 e. The average molecular weight is 424 g/mol. The molecule has 2 nitrogen and oxygen atoms in total. The van der Waals surface area contributed by atoms with Crippen LogP contribution in [0.3, 0.4) is 0 Å². The zero-order valence-corrected chi connectivity index (χ0v) is 17.2. The lowest BCUT2D eigenvalue weighted by molar-refractivity contribution is -0.140. The van der Waals surface area contributed by atoms with Crippen LogP contribution in [0.4, 0.5) is 13.2 Å². The lowest BCUT2D eigenvalue weighted by atomic mass is 9.78. The van der Waals surface area contributed by atoms with Crippen LogP contribution in [-0.4, -0.2) is 5.97 Å². The molecule has 0 aromatic heterocycles. The van der Waals surface area contributed by atoms with Crippen LogP contribution in [0, 0.1) is 30.3 Å². The van der Waals surface area contributed by atoms with Gasteiger partial charge in [-0.05, 0) is 73.4 Å². The van der Waals surface area contributed by atoms with Crippen molar-refractivity contribution < 1.29 is 22.7 Å². The third-order valence-electron chi connectivity index (χ3n) is 6.07. The number of hydrogen-bond donors (Lipinski definition) is 0. The van der Waals surface area contributed by atoms with Gasteiger partial charge in [0.25, 0.3) is 0 Å². The third kappa shape index (κ3) is 4.50. The zero-order valence-electron chi connectivity index (χ0n) is 17.2. The number of ether oxygens (including phenoxy) is 1. The molecule has 3 aromatic rings. The van der Waals surface area contributed by atoms with Crippen molar-refractivity contribution in [1.29, 1.82) is 0 Å². The van der Waals surface area contributed by atoms with Crippen molar-refractivity contribution in [3.8, 4) is 16.9 Å². The minimum absolute atomic E-state index is 0.115. The molecular formula is C26H23F3O2. The molecule has 0 amide bonds. The minimum atomic E-state index is -1.17. The molecule has 0 saturated heterocycles. The number of aryl methyl sites for hydroxylation is 1. The Kier molecular flexibility index (Phi) is 6.12. The van der Waals surface area contributed by atoms with E-state index in [2.05, 4.69) is 0 Å². The molecular weight excluding hydrogens is 401 g/mol. The minimum Gasteiger partial charge on any atom is -0.423 e. The highest BCUT2D eigenvalue weighted by Crippen LogP contribution is 2.37. The SMILES string of the molecule is Cc1ccc(C2CCC(C(=O)Oc3ccc(-c4ccccc4)c(F)c3F)CC2)cc1F. The summed E-state index contributed by atoms with van der Waals surface area (Å²) in [6.45, 7) is 1.72. The molecule has 31 heavy (non-hydrogen) atoms. The molecule has 0 spiro atoms. The van der Waals surface area contributed by atoms with E-state index in [1.54, 1.807) is 49.4 Å². The van der Waals surface area contributed by atoms with Crippen molar-refractivity contribution in [3.05, 3.63) is 89.2 Å². The van der Waals surface area contributed by atoms with Crippen LogP contribution in [0.5, 0.6) is 5.75 Å². The maximum atomic E-state index is 14.5. The van der Waals surface area contributed by atoms with Crippen LogP contribution in [-0.2, 0) is 4.79 Å². The quantitative estimate of drug-likeness (QED) is 0.334. The van der Waals surface area contributed by atoms with Crippen molar-refractivity contribution in [2.45, 2.75) is 38.5 Å². The number of carbonyl (C=O) groups excluding carboxylic acids is 1. The van der Waals surface area contributed by atoms with E-state index in [1.165, 1.54) is 12.1 Å². The first-order valence-electron chi connectivity index (χ1n) is 10.4. The van der Waals surface area contributed by atoms with Gasteiger partial charge in [-0.15, -0.1) is 0 Å². The third-order valence-corrected chi connectivity index (χ3v) is 6.07. The van der Waals surface area contributed by atoms with E-state index in [1.807, 2.05) is 6.07 Å². The first kappa shape index (κ1) is 21.2. The van der Waals surface area contributed by atoms with Crippen molar-refractivity contribution in [3.63, 3.8) is 0 Å². The summed E-state index contributed by atoms with van der Waals surface area (Å²) in [5.74, 6) is -3.60. The van der Waals surface area contributed by atoms with Gasteiger partial charge in [0, 0.05) is 5.56 Å². The molecule has 0 aliphatic heterocycles. The fourth-order valence-corrected chi connectivity index (χ4v) is 4.17. The summed E-state index contributed by atoms with van der Waals surface area (Å²) in [5.41, 5.74) is 2.19. The monoisotopic (exact) mass is 424 g/mol. The van der Waals surface area contributed by atoms with E-state index in [9.17, 15) is 18.0 Å². The van der Waals surface area contributed by atoms with Gasteiger partial charge < -0.3 is 4.74 Å². The second-order valence-electron chi connectivity index (χ2n) is 8.08. The van der Waals surface area contributed by atoms with Gasteiger partial charge in [-0.25, -0.2) is 8.78 Å². The van der Waals surface area contributed by atoms with Crippen LogP contribution in [0.15, 0.2) is 60.7 Å². The lowest BCUT2D eigenvalue weighted by Crippen LogP contribution is -2.25. The Labute approximate surface area is 179 Å². The number of hydrogen-bond acceptors (Lipinski definition) is 2. The Morgan fingerprint density at radius 1 is 0.871 bits per heavy atom. The standard InChI is InChI=1S/C26H23F3O2/c1-16-7-8-20(15-22(16)27)17-9-11-19(12-10-17)26(30)31-23-14-13-21(24(28)25(23)29)18-5-3-2-4-6-18/h2-8,13-15,17,19H,9-12H2,1H3. The molecule has 1 aliphatic rings. The van der Waals surface area contributed by atoms with Crippen molar-refractivity contribution in [1.82, 2.24) is 0 Å². The average Bonchev–Trinajstić information content (AvgIpc) is 2.79. The highest BCUT2D eigenvalue weighted by atomic mass is 19.2. The number of rotatable bonds is 4. The second kappa shape index (κ2) is 8.96. The molecule has 1 fully saturated rings. The maximum absolute atomic E-state index is 14.5. The fourth-order valence-electron chi connectivity index (χ4n) is 4.17. The Hall–Kier alpha value is -3.08. The van der Waals surface area contributed by atoms with Gasteiger partial charge in [0.15, 0.2) is 11.6 Å². The van der Waals surface area contributed by atoms with E-state index >= 15 is 0 Å². The van der Waals surface area contributed by atoms with Crippen molar-refractivity contribution in [2.24, 2.45) is 5.92 Å². The largest absolute Gasteiger partial charge is 0.423 e. The van der Waals surface area contributed by atoms with Crippen LogP contribution in [0.1, 0.15) is 42.7 Å². The van der Waals surface area contributed by atoms with Gasteiger partial charge in [-0.3, -0.25) is 4.79 Å². The van der Waals surface area contributed by atoms with Crippen molar-refractivity contribution >= 4 is 5.97 Å². The van der Waals surface area contributed by atoms with Gasteiger partial charge >= 0.3 is 5.97 Å². The molecule has 0 heterocycles. The summed E-state index contributed by atoms with van der Waals surface area (Å²) < 4.78 is 48.2. The van der Waals surface area contributed by atoms with E-state index in [-0.39, 0.29) is 23.2 Å². The molecule has 0 N–H and O–H groups in total. The Balaban J connectivity index is 1.41. The summed E-state index contributed by atoms with van der Waals surface area (Å²) in [7, 11) is 0. The van der Waals surface area contributed by atoms with Crippen LogP contribution in [0.25, 0.3) is 11.1 Å².